The highest BCUT2D eigenvalue weighted by Crippen LogP contribution is 2.25. The van der Waals surface area contributed by atoms with Gasteiger partial charge in [0.25, 0.3) is 0 Å². The summed E-state index contributed by atoms with van der Waals surface area (Å²) in [5, 5.41) is 1.01. The maximum atomic E-state index is 5.76. The molecule has 3 nitrogen and oxygen atoms in total. The minimum atomic E-state index is 0.583. The lowest BCUT2D eigenvalue weighted by molar-refractivity contribution is 0.465. The van der Waals surface area contributed by atoms with Gasteiger partial charge in [-0.3, -0.25) is 0 Å². The Bertz CT molecular complexity index is 741. The second-order valence-electron chi connectivity index (χ2n) is 4.38. The number of thioether (sulfide) groups is 1. The summed E-state index contributed by atoms with van der Waals surface area (Å²) in [5.74, 6) is 1.37. The normalized spacial score (nSPS) is 10.7. The topological polar surface area (TPSA) is 48.1 Å². The Morgan fingerprint density at radius 3 is 2.55 bits per heavy atom. The summed E-state index contributed by atoms with van der Waals surface area (Å²) in [6, 6.07) is 17.4. The van der Waals surface area contributed by atoms with Crippen molar-refractivity contribution >= 4 is 28.4 Å². The van der Waals surface area contributed by atoms with E-state index in [0.29, 0.717) is 5.88 Å². The van der Waals surface area contributed by atoms with Gasteiger partial charge >= 0.3 is 0 Å². The van der Waals surface area contributed by atoms with Crippen LogP contribution in [0.4, 0.5) is 5.69 Å². The van der Waals surface area contributed by atoms with E-state index in [1.807, 2.05) is 60.9 Å². The minimum absolute atomic E-state index is 0.583. The number of benzene rings is 2. The zero-order valence-electron chi connectivity index (χ0n) is 11.0. The molecule has 0 aliphatic heterocycles. The van der Waals surface area contributed by atoms with E-state index in [0.717, 1.165) is 22.3 Å². The first-order valence-corrected chi connectivity index (χ1v) is 7.45. The van der Waals surface area contributed by atoms with Crippen LogP contribution in [0.25, 0.3) is 10.9 Å². The lowest BCUT2D eigenvalue weighted by Crippen LogP contribution is -1.90. The molecule has 0 fully saturated rings. The van der Waals surface area contributed by atoms with Gasteiger partial charge in [-0.25, -0.2) is 4.98 Å². The van der Waals surface area contributed by atoms with Crippen LogP contribution in [0.15, 0.2) is 59.5 Å². The van der Waals surface area contributed by atoms with Crippen molar-refractivity contribution in [3.63, 3.8) is 0 Å². The van der Waals surface area contributed by atoms with Gasteiger partial charge in [-0.05, 0) is 54.8 Å². The van der Waals surface area contributed by atoms with Crippen molar-refractivity contribution in [3.05, 3.63) is 54.6 Å². The van der Waals surface area contributed by atoms with Crippen molar-refractivity contribution in [2.24, 2.45) is 0 Å². The fourth-order valence-corrected chi connectivity index (χ4v) is 2.35. The molecule has 0 saturated carbocycles. The fraction of sp³-hybridized carbons (Fsp3) is 0.0625. The van der Waals surface area contributed by atoms with Gasteiger partial charge < -0.3 is 10.5 Å². The maximum Gasteiger partial charge on any atom is 0.219 e. The molecule has 3 aromatic rings. The fourth-order valence-electron chi connectivity index (χ4n) is 1.95. The Hall–Kier alpha value is -2.20. The predicted molar refractivity (Wildman–Crippen MR) is 84.5 cm³/mol. The number of nitrogens with zero attached hydrogens (tertiary/aromatic N) is 1. The number of nitrogen functional groups attached to an aromatic ring is 1. The summed E-state index contributed by atoms with van der Waals surface area (Å²) in [4.78, 5) is 5.68. The average molecular weight is 282 g/mol. The van der Waals surface area contributed by atoms with Gasteiger partial charge in [0.1, 0.15) is 5.75 Å². The number of pyridine rings is 1. The van der Waals surface area contributed by atoms with Gasteiger partial charge in [0.05, 0.1) is 5.52 Å². The number of hydrogen-bond acceptors (Lipinski definition) is 4. The van der Waals surface area contributed by atoms with Gasteiger partial charge in [-0.2, -0.15) is 0 Å². The first-order valence-electron chi connectivity index (χ1n) is 6.23. The molecule has 4 heteroatoms. The number of ether oxygens (including phenoxy) is 1. The molecule has 0 saturated heterocycles. The maximum absolute atomic E-state index is 5.76. The van der Waals surface area contributed by atoms with E-state index in [4.69, 9.17) is 10.5 Å². The molecule has 0 unspecified atom stereocenters. The van der Waals surface area contributed by atoms with Crippen LogP contribution < -0.4 is 10.5 Å². The van der Waals surface area contributed by atoms with E-state index in [1.165, 1.54) is 4.90 Å². The van der Waals surface area contributed by atoms with E-state index in [-0.39, 0.29) is 0 Å². The molecule has 0 bridgehead atoms. The molecule has 20 heavy (non-hydrogen) atoms. The van der Waals surface area contributed by atoms with Crippen molar-refractivity contribution in [2.45, 2.75) is 4.90 Å². The number of rotatable bonds is 3. The molecule has 0 aliphatic carbocycles. The van der Waals surface area contributed by atoms with Crippen LogP contribution >= 0.6 is 11.8 Å². The third kappa shape index (κ3) is 2.70. The summed E-state index contributed by atoms with van der Waals surface area (Å²) >= 11 is 1.70. The third-order valence-electron chi connectivity index (χ3n) is 2.97. The van der Waals surface area contributed by atoms with Crippen molar-refractivity contribution < 1.29 is 4.74 Å². The smallest absolute Gasteiger partial charge is 0.219 e. The van der Waals surface area contributed by atoms with Crippen LogP contribution in [0.2, 0.25) is 0 Å². The summed E-state index contributed by atoms with van der Waals surface area (Å²) in [6.07, 6.45) is 2.05. The first-order chi connectivity index (χ1) is 9.74. The minimum Gasteiger partial charge on any atom is -0.439 e. The standard InChI is InChI=1S/C16H14N2OS/c1-20-14-6-4-13(5-7-14)19-16-9-2-11-10-12(17)3-8-15(11)18-16/h2-10H,17H2,1H3. The molecule has 1 aromatic heterocycles. The molecule has 100 valence electrons. The molecule has 0 amide bonds. The molecule has 0 radical (unpaired) electrons. The average Bonchev–Trinajstić information content (AvgIpc) is 2.48. The second kappa shape index (κ2) is 5.43. The Balaban J connectivity index is 1.88. The van der Waals surface area contributed by atoms with Crippen molar-refractivity contribution in [2.75, 3.05) is 12.0 Å². The van der Waals surface area contributed by atoms with E-state index in [1.54, 1.807) is 11.8 Å². The summed E-state index contributed by atoms with van der Waals surface area (Å²) in [7, 11) is 0. The van der Waals surface area contributed by atoms with Crippen LogP contribution in [-0.4, -0.2) is 11.2 Å². The summed E-state index contributed by atoms with van der Waals surface area (Å²) in [6.45, 7) is 0. The highest BCUT2D eigenvalue weighted by Gasteiger charge is 2.02. The molecule has 2 N–H and O–H groups in total. The Labute approximate surface area is 121 Å². The van der Waals surface area contributed by atoms with Crippen LogP contribution in [0.3, 0.4) is 0 Å². The zero-order chi connectivity index (χ0) is 13.9. The molecule has 3 rings (SSSR count). The van der Waals surface area contributed by atoms with Gasteiger partial charge in [0.15, 0.2) is 0 Å². The van der Waals surface area contributed by atoms with Crippen LogP contribution in [0.5, 0.6) is 11.6 Å². The second-order valence-corrected chi connectivity index (χ2v) is 5.26. The molecule has 0 aliphatic rings. The molecular formula is C16H14N2OS. The van der Waals surface area contributed by atoms with Crippen LogP contribution in [-0.2, 0) is 0 Å². The predicted octanol–water partition coefficient (Wildman–Crippen LogP) is 4.33. The quantitative estimate of drug-likeness (QED) is 0.573. The van der Waals surface area contributed by atoms with Gasteiger partial charge in [0, 0.05) is 22.0 Å². The van der Waals surface area contributed by atoms with Crippen molar-refractivity contribution in [3.8, 4) is 11.6 Å². The Morgan fingerprint density at radius 2 is 1.80 bits per heavy atom. The number of hydrogen-bond donors (Lipinski definition) is 1. The van der Waals surface area contributed by atoms with Crippen LogP contribution in [0, 0.1) is 0 Å². The molecule has 1 heterocycles. The van der Waals surface area contributed by atoms with E-state index < -0.39 is 0 Å². The van der Waals surface area contributed by atoms with Gasteiger partial charge in [0.2, 0.25) is 5.88 Å². The lowest BCUT2D eigenvalue weighted by Gasteiger charge is -2.06. The van der Waals surface area contributed by atoms with E-state index in [2.05, 4.69) is 4.98 Å². The number of nitrogens with two attached hydrogens (primary N) is 1. The van der Waals surface area contributed by atoms with Crippen LogP contribution in [0.1, 0.15) is 0 Å². The van der Waals surface area contributed by atoms with E-state index in [9.17, 15) is 0 Å². The van der Waals surface area contributed by atoms with Gasteiger partial charge in [-0.1, -0.05) is 0 Å². The first kappa shape index (κ1) is 12.8. The highest BCUT2D eigenvalue weighted by molar-refractivity contribution is 7.98. The van der Waals surface area contributed by atoms with Crippen molar-refractivity contribution in [1.29, 1.82) is 0 Å². The number of aromatic nitrogens is 1. The SMILES string of the molecule is CSc1ccc(Oc2ccc3cc(N)ccc3n2)cc1. The number of fused-ring (bicyclic) bond motifs is 1. The molecule has 2 aromatic carbocycles. The summed E-state index contributed by atoms with van der Waals surface area (Å²) < 4.78 is 5.76. The van der Waals surface area contributed by atoms with Crippen molar-refractivity contribution in [1.82, 2.24) is 4.98 Å². The van der Waals surface area contributed by atoms with Gasteiger partial charge in [-0.15, -0.1) is 11.8 Å². The Kier molecular flexibility index (Phi) is 3.48. The highest BCUT2D eigenvalue weighted by atomic mass is 32.2. The third-order valence-corrected chi connectivity index (χ3v) is 3.71. The molecular weight excluding hydrogens is 268 g/mol. The lowest BCUT2D eigenvalue weighted by atomic mass is 10.2. The largest absolute Gasteiger partial charge is 0.439 e. The zero-order valence-corrected chi connectivity index (χ0v) is 11.9. The molecule has 0 atom stereocenters. The monoisotopic (exact) mass is 282 g/mol. The summed E-state index contributed by atoms with van der Waals surface area (Å²) in [5.41, 5.74) is 7.36. The number of anilines is 1. The van der Waals surface area contributed by atoms with E-state index >= 15 is 0 Å². The Morgan fingerprint density at radius 1 is 1.00 bits per heavy atom. The molecule has 0 spiro atoms.